The first-order valence-corrected chi connectivity index (χ1v) is 5.87. The van der Waals surface area contributed by atoms with Crippen LogP contribution in [0.15, 0.2) is 11.3 Å². The molecule has 1 rings (SSSR count). The van der Waals surface area contributed by atoms with E-state index in [1.165, 1.54) is 0 Å². The lowest BCUT2D eigenvalue weighted by Crippen LogP contribution is -2.12. The standard InChI is InChI=1S/C12H21N5/c1-9(2)11-12(10(3)15-8-17-11)16-7-14-6-5-13-4/h7-9,13H,5-6H2,1-4H3,(H,14,16). The Labute approximate surface area is 103 Å². The van der Waals surface area contributed by atoms with Gasteiger partial charge < -0.3 is 10.6 Å². The van der Waals surface area contributed by atoms with E-state index in [9.17, 15) is 0 Å². The van der Waals surface area contributed by atoms with E-state index >= 15 is 0 Å². The summed E-state index contributed by atoms with van der Waals surface area (Å²) < 4.78 is 0. The van der Waals surface area contributed by atoms with Gasteiger partial charge in [-0.2, -0.15) is 0 Å². The van der Waals surface area contributed by atoms with Crippen LogP contribution in [0, 0.1) is 6.92 Å². The van der Waals surface area contributed by atoms with Gasteiger partial charge in [-0.3, -0.25) is 4.99 Å². The van der Waals surface area contributed by atoms with Crippen molar-refractivity contribution in [2.75, 3.05) is 25.5 Å². The largest absolute Gasteiger partial charge is 0.344 e. The monoisotopic (exact) mass is 235 g/mol. The molecule has 0 saturated carbocycles. The van der Waals surface area contributed by atoms with Crippen LogP contribution in [0.1, 0.15) is 31.2 Å². The third-order valence-electron chi connectivity index (χ3n) is 2.40. The molecule has 0 radical (unpaired) electrons. The van der Waals surface area contributed by atoms with Crippen LogP contribution in [-0.2, 0) is 0 Å². The van der Waals surface area contributed by atoms with Crippen molar-refractivity contribution in [1.29, 1.82) is 0 Å². The van der Waals surface area contributed by atoms with Crippen molar-refractivity contribution in [1.82, 2.24) is 15.3 Å². The molecule has 5 nitrogen and oxygen atoms in total. The molecule has 1 heterocycles. The maximum atomic E-state index is 4.31. The molecule has 17 heavy (non-hydrogen) atoms. The van der Waals surface area contributed by atoms with Crippen LogP contribution in [0.2, 0.25) is 0 Å². The average Bonchev–Trinajstić information content (AvgIpc) is 2.30. The summed E-state index contributed by atoms with van der Waals surface area (Å²) in [5.74, 6) is 0.366. The second kappa shape index (κ2) is 6.96. The van der Waals surface area contributed by atoms with Crippen molar-refractivity contribution < 1.29 is 0 Å². The number of likely N-dealkylation sites (N-methyl/N-ethyl adjacent to an activating group) is 1. The lowest BCUT2D eigenvalue weighted by Gasteiger charge is -2.12. The van der Waals surface area contributed by atoms with E-state index in [-0.39, 0.29) is 0 Å². The van der Waals surface area contributed by atoms with Crippen LogP contribution in [-0.4, -0.2) is 36.4 Å². The van der Waals surface area contributed by atoms with Crippen molar-refractivity contribution in [3.05, 3.63) is 17.7 Å². The van der Waals surface area contributed by atoms with Crippen LogP contribution in [0.4, 0.5) is 5.69 Å². The molecule has 0 unspecified atom stereocenters. The molecule has 0 aromatic carbocycles. The molecule has 2 N–H and O–H groups in total. The normalized spacial score (nSPS) is 11.4. The number of nitrogens with one attached hydrogen (secondary N) is 2. The summed E-state index contributed by atoms with van der Waals surface area (Å²) in [5.41, 5.74) is 2.94. The zero-order valence-electron chi connectivity index (χ0n) is 11.0. The highest BCUT2D eigenvalue weighted by atomic mass is 15.0. The van der Waals surface area contributed by atoms with Crippen LogP contribution >= 0.6 is 0 Å². The Kier molecular flexibility index (Phi) is 5.56. The van der Waals surface area contributed by atoms with Gasteiger partial charge in [0.2, 0.25) is 0 Å². The fraction of sp³-hybridized carbons (Fsp3) is 0.583. The smallest absolute Gasteiger partial charge is 0.116 e. The lowest BCUT2D eigenvalue weighted by molar-refractivity contribution is 0.803. The van der Waals surface area contributed by atoms with Gasteiger partial charge in [0.05, 0.1) is 30.0 Å². The Morgan fingerprint density at radius 3 is 2.82 bits per heavy atom. The summed E-state index contributed by atoms with van der Waals surface area (Å²) in [6, 6.07) is 0. The van der Waals surface area contributed by atoms with Gasteiger partial charge in [-0.05, 0) is 19.9 Å². The summed E-state index contributed by atoms with van der Waals surface area (Å²) in [6.07, 6.45) is 3.32. The predicted octanol–water partition coefficient (Wildman–Crippen LogP) is 1.57. The molecule has 1 aromatic heterocycles. The number of aromatic nitrogens is 2. The molecule has 94 valence electrons. The second-order valence-corrected chi connectivity index (χ2v) is 4.16. The van der Waals surface area contributed by atoms with Gasteiger partial charge in [-0.25, -0.2) is 9.97 Å². The first kappa shape index (κ1) is 13.6. The third kappa shape index (κ3) is 4.11. The van der Waals surface area contributed by atoms with Crippen molar-refractivity contribution in [3.63, 3.8) is 0 Å². The minimum absolute atomic E-state index is 0.366. The van der Waals surface area contributed by atoms with E-state index in [0.29, 0.717) is 5.92 Å². The molecule has 0 fully saturated rings. The van der Waals surface area contributed by atoms with Crippen LogP contribution in [0.3, 0.4) is 0 Å². The van der Waals surface area contributed by atoms with Gasteiger partial charge in [0.25, 0.3) is 0 Å². The first-order chi connectivity index (χ1) is 8.16. The fourth-order valence-corrected chi connectivity index (χ4v) is 1.46. The highest BCUT2D eigenvalue weighted by Gasteiger charge is 2.10. The van der Waals surface area contributed by atoms with E-state index in [1.807, 2.05) is 14.0 Å². The number of hydrogen-bond acceptors (Lipinski definition) is 4. The Hall–Kier alpha value is -1.49. The zero-order chi connectivity index (χ0) is 12.7. The van der Waals surface area contributed by atoms with Gasteiger partial charge in [0.15, 0.2) is 0 Å². The topological polar surface area (TPSA) is 62.2 Å². The molecular formula is C12H21N5. The molecule has 5 heteroatoms. The molecule has 1 aromatic rings. The summed E-state index contributed by atoms with van der Waals surface area (Å²) in [7, 11) is 1.91. The zero-order valence-corrected chi connectivity index (χ0v) is 11.0. The predicted molar refractivity (Wildman–Crippen MR) is 71.8 cm³/mol. The Morgan fingerprint density at radius 2 is 2.18 bits per heavy atom. The number of anilines is 1. The summed E-state index contributed by atoms with van der Waals surface area (Å²) in [5, 5.41) is 6.22. The minimum Gasteiger partial charge on any atom is -0.344 e. The van der Waals surface area contributed by atoms with Crippen molar-refractivity contribution in [2.24, 2.45) is 4.99 Å². The molecule has 0 atom stereocenters. The molecule has 0 aliphatic carbocycles. The van der Waals surface area contributed by atoms with Crippen molar-refractivity contribution >= 4 is 12.0 Å². The van der Waals surface area contributed by atoms with Gasteiger partial charge in [-0.1, -0.05) is 13.8 Å². The van der Waals surface area contributed by atoms with E-state index in [1.54, 1.807) is 12.7 Å². The summed E-state index contributed by atoms with van der Waals surface area (Å²) >= 11 is 0. The maximum absolute atomic E-state index is 4.31. The van der Waals surface area contributed by atoms with Gasteiger partial charge in [0.1, 0.15) is 6.33 Å². The highest BCUT2D eigenvalue weighted by Crippen LogP contribution is 2.22. The van der Waals surface area contributed by atoms with E-state index in [4.69, 9.17) is 0 Å². The quantitative estimate of drug-likeness (QED) is 0.446. The maximum Gasteiger partial charge on any atom is 0.116 e. The van der Waals surface area contributed by atoms with Crippen molar-refractivity contribution in [2.45, 2.75) is 26.7 Å². The Morgan fingerprint density at radius 1 is 1.41 bits per heavy atom. The number of nitrogens with zero attached hydrogens (tertiary/aromatic N) is 3. The number of hydrogen-bond donors (Lipinski definition) is 2. The van der Waals surface area contributed by atoms with Crippen LogP contribution in [0.5, 0.6) is 0 Å². The van der Waals surface area contributed by atoms with Gasteiger partial charge in [0, 0.05) is 6.54 Å². The molecular weight excluding hydrogens is 214 g/mol. The summed E-state index contributed by atoms with van der Waals surface area (Å²) in [6.45, 7) is 7.83. The Balaban J connectivity index is 2.72. The molecule has 0 amide bonds. The second-order valence-electron chi connectivity index (χ2n) is 4.16. The highest BCUT2D eigenvalue weighted by molar-refractivity contribution is 5.77. The molecule has 0 spiro atoms. The molecule has 0 aliphatic rings. The minimum atomic E-state index is 0.366. The van der Waals surface area contributed by atoms with Gasteiger partial charge >= 0.3 is 0 Å². The third-order valence-corrected chi connectivity index (χ3v) is 2.40. The number of aryl methyl sites for hydroxylation is 1. The summed E-state index contributed by atoms with van der Waals surface area (Å²) in [4.78, 5) is 12.7. The van der Waals surface area contributed by atoms with E-state index in [2.05, 4.69) is 39.4 Å². The number of aliphatic imine (C=N–C) groups is 1. The van der Waals surface area contributed by atoms with Crippen molar-refractivity contribution in [3.8, 4) is 0 Å². The average molecular weight is 235 g/mol. The fourth-order valence-electron chi connectivity index (χ4n) is 1.46. The first-order valence-electron chi connectivity index (χ1n) is 5.87. The van der Waals surface area contributed by atoms with Crippen LogP contribution in [0.25, 0.3) is 0 Å². The molecule has 0 aliphatic heterocycles. The molecule has 0 bridgehead atoms. The lowest BCUT2D eigenvalue weighted by atomic mass is 10.1. The SMILES string of the molecule is CNCCN=CNc1c(C)ncnc1C(C)C. The molecule has 0 saturated heterocycles. The Bertz CT molecular complexity index is 373. The van der Waals surface area contributed by atoms with Gasteiger partial charge in [-0.15, -0.1) is 0 Å². The number of rotatable bonds is 6. The van der Waals surface area contributed by atoms with Crippen LogP contribution < -0.4 is 10.6 Å². The van der Waals surface area contributed by atoms with E-state index < -0.39 is 0 Å². The van der Waals surface area contributed by atoms with E-state index in [0.717, 1.165) is 30.2 Å².